The Labute approximate surface area is 113 Å². The van der Waals surface area contributed by atoms with Crippen LogP contribution in [0.3, 0.4) is 0 Å². The van der Waals surface area contributed by atoms with Crippen LogP contribution in [-0.4, -0.2) is 14.1 Å². The maximum absolute atomic E-state index is 3.49. The minimum Gasteiger partial charge on any atom is -0.378 e. The molecule has 0 saturated carbocycles. The Kier molecular flexibility index (Phi) is 4.39. The van der Waals surface area contributed by atoms with Crippen molar-refractivity contribution in [3.63, 3.8) is 0 Å². The third kappa shape index (κ3) is 3.59. The zero-order valence-electron chi connectivity index (χ0n) is 11.2. The Balaban J connectivity index is 1.88. The molecule has 2 nitrogen and oxygen atoms in total. The quantitative estimate of drug-likeness (QED) is 0.886. The highest BCUT2D eigenvalue weighted by Gasteiger charge is 1.99. The number of hydrogen-bond acceptors (Lipinski definition) is 3. The number of nitrogens with zero attached hydrogens (tertiary/aromatic N) is 1. The second-order valence-electron chi connectivity index (χ2n) is 4.68. The standard InChI is InChI=1S/C15H20N2S/c1-12-7-8-15(18-12)11-16-10-13-5-4-6-14(9-13)17(2)3/h4-9,16H,10-11H2,1-3H3. The van der Waals surface area contributed by atoms with E-state index in [2.05, 4.69) is 67.6 Å². The molecule has 0 amide bonds. The Morgan fingerprint density at radius 2 is 1.94 bits per heavy atom. The predicted octanol–water partition coefficient (Wildman–Crippen LogP) is 3.41. The van der Waals surface area contributed by atoms with Crippen LogP contribution in [0.2, 0.25) is 0 Å². The minimum absolute atomic E-state index is 0.915. The van der Waals surface area contributed by atoms with Crippen molar-refractivity contribution in [1.82, 2.24) is 5.32 Å². The number of benzene rings is 1. The first-order valence-electron chi connectivity index (χ1n) is 6.17. The van der Waals surface area contributed by atoms with Crippen molar-refractivity contribution < 1.29 is 0 Å². The molecule has 0 atom stereocenters. The summed E-state index contributed by atoms with van der Waals surface area (Å²) in [4.78, 5) is 4.91. The minimum atomic E-state index is 0.915. The summed E-state index contributed by atoms with van der Waals surface area (Å²) in [6.07, 6.45) is 0. The summed E-state index contributed by atoms with van der Waals surface area (Å²) >= 11 is 1.86. The largest absolute Gasteiger partial charge is 0.378 e. The van der Waals surface area contributed by atoms with Crippen molar-refractivity contribution >= 4 is 17.0 Å². The van der Waals surface area contributed by atoms with Crippen LogP contribution in [0.1, 0.15) is 15.3 Å². The van der Waals surface area contributed by atoms with Crippen molar-refractivity contribution in [2.24, 2.45) is 0 Å². The number of nitrogens with one attached hydrogen (secondary N) is 1. The molecule has 1 aromatic heterocycles. The molecule has 1 aromatic carbocycles. The lowest BCUT2D eigenvalue weighted by molar-refractivity contribution is 0.701. The molecule has 0 aliphatic carbocycles. The maximum Gasteiger partial charge on any atom is 0.0364 e. The average molecular weight is 260 g/mol. The topological polar surface area (TPSA) is 15.3 Å². The highest BCUT2D eigenvalue weighted by molar-refractivity contribution is 7.11. The molecular formula is C15H20N2S. The molecule has 0 bridgehead atoms. The van der Waals surface area contributed by atoms with Gasteiger partial charge in [-0.3, -0.25) is 0 Å². The fourth-order valence-corrected chi connectivity index (χ4v) is 2.71. The van der Waals surface area contributed by atoms with Crippen molar-refractivity contribution in [2.75, 3.05) is 19.0 Å². The molecule has 1 heterocycles. The summed E-state index contributed by atoms with van der Waals surface area (Å²) in [6, 6.07) is 13.0. The van der Waals surface area contributed by atoms with Gasteiger partial charge in [-0.1, -0.05) is 12.1 Å². The summed E-state index contributed by atoms with van der Waals surface area (Å²) in [5, 5.41) is 3.49. The third-order valence-electron chi connectivity index (χ3n) is 2.85. The fraction of sp³-hybridized carbons (Fsp3) is 0.333. The van der Waals surface area contributed by atoms with Gasteiger partial charge in [0.05, 0.1) is 0 Å². The molecule has 2 rings (SSSR count). The van der Waals surface area contributed by atoms with E-state index in [0.29, 0.717) is 0 Å². The normalized spacial score (nSPS) is 10.6. The highest BCUT2D eigenvalue weighted by atomic mass is 32.1. The zero-order chi connectivity index (χ0) is 13.0. The smallest absolute Gasteiger partial charge is 0.0364 e. The zero-order valence-corrected chi connectivity index (χ0v) is 12.1. The SMILES string of the molecule is Cc1ccc(CNCc2cccc(N(C)C)c2)s1. The van der Waals surface area contributed by atoms with Gasteiger partial charge in [0.25, 0.3) is 0 Å². The van der Waals surface area contributed by atoms with E-state index >= 15 is 0 Å². The molecule has 96 valence electrons. The van der Waals surface area contributed by atoms with Gasteiger partial charge in [0.2, 0.25) is 0 Å². The summed E-state index contributed by atoms with van der Waals surface area (Å²) in [6.45, 7) is 4.01. The number of hydrogen-bond donors (Lipinski definition) is 1. The van der Waals surface area contributed by atoms with E-state index < -0.39 is 0 Å². The molecular weight excluding hydrogens is 240 g/mol. The number of thiophene rings is 1. The van der Waals surface area contributed by atoms with Crippen molar-refractivity contribution in [3.8, 4) is 0 Å². The molecule has 0 spiro atoms. The van der Waals surface area contributed by atoms with E-state index in [1.807, 2.05) is 11.3 Å². The molecule has 2 aromatic rings. The van der Waals surface area contributed by atoms with Crippen LogP contribution >= 0.6 is 11.3 Å². The van der Waals surface area contributed by atoms with Gasteiger partial charge in [-0.05, 0) is 36.8 Å². The first-order valence-corrected chi connectivity index (χ1v) is 6.99. The van der Waals surface area contributed by atoms with Crippen molar-refractivity contribution in [2.45, 2.75) is 20.0 Å². The van der Waals surface area contributed by atoms with Gasteiger partial charge < -0.3 is 10.2 Å². The highest BCUT2D eigenvalue weighted by Crippen LogP contribution is 2.16. The Morgan fingerprint density at radius 1 is 1.11 bits per heavy atom. The molecule has 3 heteroatoms. The third-order valence-corrected chi connectivity index (χ3v) is 3.85. The van der Waals surface area contributed by atoms with Crippen LogP contribution in [0.4, 0.5) is 5.69 Å². The fourth-order valence-electron chi connectivity index (χ4n) is 1.85. The molecule has 0 radical (unpaired) electrons. The maximum atomic E-state index is 3.49. The molecule has 0 saturated heterocycles. The lowest BCUT2D eigenvalue weighted by atomic mass is 10.2. The molecule has 0 fully saturated rings. The van der Waals surface area contributed by atoms with Gasteiger partial charge in [0.15, 0.2) is 0 Å². The van der Waals surface area contributed by atoms with Gasteiger partial charge in [-0.2, -0.15) is 0 Å². The van der Waals surface area contributed by atoms with Gasteiger partial charge in [0.1, 0.15) is 0 Å². The van der Waals surface area contributed by atoms with E-state index in [4.69, 9.17) is 0 Å². The molecule has 18 heavy (non-hydrogen) atoms. The van der Waals surface area contributed by atoms with Crippen LogP contribution in [-0.2, 0) is 13.1 Å². The van der Waals surface area contributed by atoms with Crippen LogP contribution in [0, 0.1) is 6.92 Å². The first-order chi connectivity index (χ1) is 8.65. The Morgan fingerprint density at radius 3 is 2.61 bits per heavy atom. The van der Waals surface area contributed by atoms with Crippen molar-refractivity contribution in [3.05, 3.63) is 51.7 Å². The van der Waals surface area contributed by atoms with Crippen LogP contribution in [0.15, 0.2) is 36.4 Å². The van der Waals surface area contributed by atoms with Crippen LogP contribution in [0.25, 0.3) is 0 Å². The number of rotatable bonds is 5. The second kappa shape index (κ2) is 6.03. The first kappa shape index (κ1) is 13.1. The lowest BCUT2D eigenvalue weighted by Gasteiger charge is -2.13. The van der Waals surface area contributed by atoms with E-state index in [-0.39, 0.29) is 0 Å². The van der Waals surface area contributed by atoms with E-state index in [0.717, 1.165) is 13.1 Å². The average Bonchev–Trinajstić information content (AvgIpc) is 2.75. The van der Waals surface area contributed by atoms with Crippen LogP contribution < -0.4 is 10.2 Å². The molecule has 0 aliphatic rings. The Bertz CT molecular complexity index is 503. The number of aryl methyl sites for hydroxylation is 1. The summed E-state index contributed by atoms with van der Waals surface area (Å²) in [5.41, 5.74) is 2.58. The van der Waals surface area contributed by atoms with E-state index in [1.54, 1.807) is 0 Å². The van der Waals surface area contributed by atoms with E-state index in [1.165, 1.54) is 21.0 Å². The summed E-state index contributed by atoms with van der Waals surface area (Å²) in [7, 11) is 4.14. The number of anilines is 1. The summed E-state index contributed by atoms with van der Waals surface area (Å²) < 4.78 is 0. The molecule has 0 unspecified atom stereocenters. The van der Waals surface area contributed by atoms with E-state index in [9.17, 15) is 0 Å². The predicted molar refractivity (Wildman–Crippen MR) is 80.4 cm³/mol. The molecule has 1 N–H and O–H groups in total. The summed E-state index contributed by atoms with van der Waals surface area (Å²) in [5.74, 6) is 0. The van der Waals surface area contributed by atoms with Gasteiger partial charge in [-0.25, -0.2) is 0 Å². The second-order valence-corrected chi connectivity index (χ2v) is 6.05. The monoisotopic (exact) mass is 260 g/mol. The Hall–Kier alpha value is -1.32. The van der Waals surface area contributed by atoms with Crippen molar-refractivity contribution in [1.29, 1.82) is 0 Å². The van der Waals surface area contributed by atoms with Gasteiger partial charge in [0, 0.05) is 42.6 Å². The van der Waals surface area contributed by atoms with Crippen LogP contribution in [0.5, 0.6) is 0 Å². The van der Waals surface area contributed by atoms with Gasteiger partial charge >= 0.3 is 0 Å². The van der Waals surface area contributed by atoms with Gasteiger partial charge in [-0.15, -0.1) is 11.3 Å². The lowest BCUT2D eigenvalue weighted by Crippen LogP contribution is -2.13. The molecule has 0 aliphatic heterocycles.